The van der Waals surface area contributed by atoms with Crippen LogP contribution in [0.3, 0.4) is 0 Å². The highest BCUT2D eigenvalue weighted by atomic mass is 79.9. The van der Waals surface area contributed by atoms with Crippen LogP contribution in [-0.4, -0.2) is 35.7 Å². The largest absolute Gasteiger partial charge is 0.343 e. The molecular formula is C14H20BrClN2OS. The van der Waals surface area contributed by atoms with Crippen LogP contribution in [0.1, 0.15) is 19.3 Å². The number of hydrogen-bond acceptors (Lipinski definition) is 3. The van der Waals surface area contributed by atoms with Crippen LogP contribution in [0.5, 0.6) is 0 Å². The van der Waals surface area contributed by atoms with Gasteiger partial charge in [-0.25, -0.2) is 0 Å². The minimum atomic E-state index is 0. The van der Waals surface area contributed by atoms with E-state index in [9.17, 15) is 4.79 Å². The Hall–Kier alpha value is -0.230. The summed E-state index contributed by atoms with van der Waals surface area (Å²) in [7, 11) is 0. The van der Waals surface area contributed by atoms with E-state index in [1.807, 2.05) is 23.1 Å². The Morgan fingerprint density at radius 1 is 1.35 bits per heavy atom. The molecule has 1 fully saturated rings. The first-order valence-corrected chi connectivity index (χ1v) is 8.35. The lowest BCUT2D eigenvalue weighted by Gasteiger charge is -2.30. The summed E-state index contributed by atoms with van der Waals surface area (Å²) in [6, 6.07) is 8.38. The number of piperidine rings is 1. The number of amides is 1. The molecule has 1 aromatic carbocycles. The van der Waals surface area contributed by atoms with Crippen molar-refractivity contribution >= 4 is 46.0 Å². The van der Waals surface area contributed by atoms with E-state index in [-0.39, 0.29) is 24.4 Å². The number of hydrogen-bond donors (Lipinski definition) is 1. The Morgan fingerprint density at radius 2 is 2.00 bits per heavy atom. The molecule has 0 unspecified atom stereocenters. The van der Waals surface area contributed by atoms with E-state index in [1.165, 1.54) is 4.90 Å². The normalized spacial score (nSPS) is 15.8. The molecule has 1 saturated heterocycles. The Kier molecular flexibility index (Phi) is 7.95. The topological polar surface area (TPSA) is 46.3 Å². The summed E-state index contributed by atoms with van der Waals surface area (Å²) >= 11 is 5.24. The number of rotatable bonds is 4. The predicted octanol–water partition coefficient (Wildman–Crippen LogP) is 3.30. The molecule has 3 nitrogen and oxygen atoms in total. The Bertz CT molecular complexity index is 439. The molecule has 6 heteroatoms. The van der Waals surface area contributed by atoms with Crippen molar-refractivity contribution in [2.75, 3.05) is 18.8 Å². The minimum absolute atomic E-state index is 0. The van der Waals surface area contributed by atoms with Gasteiger partial charge in [-0.05, 0) is 40.9 Å². The Balaban J connectivity index is 0.00000200. The van der Waals surface area contributed by atoms with Gasteiger partial charge in [-0.3, -0.25) is 4.79 Å². The monoisotopic (exact) mass is 378 g/mol. The molecule has 0 atom stereocenters. The molecule has 1 heterocycles. The molecule has 0 bridgehead atoms. The molecule has 0 saturated carbocycles. The maximum Gasteiger partial charge on any atom is 0.223 e. The molecule has 1 amide bonds. The average Bonchev–Trinajstić information content (AvgIpc) is 2.41. The number of nitrogens with two attached hydrogens (primary N) is 1. The van der Waals surface area contributed by atoms with E-state index in [0.29, 0.717) is 6.42 Å². The highest BCUT2D eigenvalue weighted by Gasteiger charge is 2.19. The van der Waals surface area contributed by atoms with Gasteiger partial charge in [-0.2, -0.15) is 0 Å². The molecular weight excluding hydrogens is 360 g/mol. The fourth-order valence-electron chi connectivity index (χ4n) is 2.12. The molecule has 2 N–H and O–H groups in total. The van der Waals surface area contributed by atoms with Crippen LogP contribution in [0.4, 0.5) is 0 Å². The van der Waals surface area contributed by atoms with E-state index in [1.54, 1.807) is 11.8 Å². The summed E-state index contributed by atoms with van der Waals surface area (Å²) in [6.07, 6.45) is 2.47. The maximum absolute atomic E-state index is 12.0. The van der Waals surface area contributed by atoms with Crippen LogP contribution >= 0.6 is 40.1 Å². The number of carbonyl (C=O) groups excluding carboxylic acids is 1. The zero-order chi connectivity index (χ0) is 13.7. The second-order valence-corrected chi connectivity index (χ2v) is 6.74. The van der Waals surface area contributed by atoms with Gasteiger partial charge < -0.3 is 10.6 Å². The molecule has 1 aromatic rings. The first-order chi connectivity index (χ1) is 9.16. The third-order valence-electron chi connectivity index (χ3n) is 3.30. The van der Waals surface area contributed by atoms with Crippen molar-refractivity contribution in [3.63, 3.8) is 0 Å². The molecule has 0 spiro atoms. The SMILES string of the molecule is Cl.NC1CCN(C(=O)CCSc2ccccc2Br)CC1. The molecule has 0 aromatic heterocycles. The second-order valence-electron chi connectivity index (χ2n) is 4.75. The molecule has 0 radical (unpaired) electrons. The van der Waals surface area contributed by atoms with Crippen molar-refractivity contribution in [3.05, 3.63) is 28.7 Å². The standard InChI is InChI=1S/C14H19BrN2OS.ClH/c15-12-3-1-2-4-13(12)19-10-7-14(18)17-8-5-11(16)6-9-17;/h1-4,11H,5-10,16H2;1H. The third-order valence-corrected chi connectivity index (χ3v) is 5.33. The summed E-state index contributed by atoms with van der Waals surface area (Å²) in [5, 5.41) is 0. The fraction of sp³-hybridized carbons (Fsp3) is 0.500. The number of likely N-dealkylation sites (tertiary alicyclic amines) is 1. The highest BCUT2D eigenvalue weighted by molar-refractivity contribution is 9.10. The van der Waals surface area contributed by atoms with Crippen LogP contribution < -0.4 is 5.73 Å². The van der Waals surface area contributed by atoms with Crippen molar-refractivity contribution in [1.29, 1.82) is 0 Å². The van der Waals surface area contributed by atoms with Gasteiger partial charge in [0.05, 0.1) is 0 Å². The molecule has 0 aliphatic carbocycles. The number of thioether (sulfide) groups is 1. The van der Waals surface area contributed by atoms with Crippen molar-refractivity contribution in [1.82, 2.24) is 4.90 Å². The zero-order valence-corrected chi connectivity index (χ0v) is 14.5. The lowest BCUT2D eigenvalue weighted by Crippen LogP contribution is -2.42. The van der Waals surface area contributed by atoms with Gasteiger partial charge in [0.2, 0.25) is 5.91 Å². The molecule has 1 aliphatic rings. The van der Waals surface area contributed by atoms with E-state index in [0.717, 1.165) is 36.2 Å². The van der Waals surface area contributed by atoms with Gasteiger partial charge in [0.15, 0.2) is 0 Å². The van der Waals surface area contributed by atoms with Gasteiger partial charge in [-0.1, -0.05) is 12.1 Å². The van der Waals surface area contributed by atoms with Crippen LogP contribution in [0.25, 0.3) is 0 Å². The summed E-state index contributed by atoms with van der Waals surface area (Å²) < 4.78 is 1.09. The van der Waals surface area contributed by atoms with Crippen LogP contribution in [0, 0.1) is 0 Å². The molecule has 112 valence electrons. The van der Waals surface area contributed by atoms with Gasteiger partial charge in [0.1, 0.15) is 0 Å². The fourth-order valence-corrected chi connectivity index (χ4v) is 3.62. The van der Waals surface area contributed by atoms with Crippen molar-refractivity contribution in [2.24, 2.45) is 5.73 Å². The number of halogens is 2. The third kappa shape index (κ3) is 5.28. The maximum atomic E-state index is 12.0. The molecule has 2 rings (SSSR count). The lowest BCUT2D eigenvalue weighted by molar-refractivity contribution is -0.131. The number of carbonyl (C=O) groups is 1. The smallest absolute Gasteiger partial charge is 0.223 e. The first kappa shape index (κ1) is 17.8. The van der Waals surface area contributed by atoms with Crippen LogP contribution in [0.2, 0.25) is 0 Å². The van der Waals surface area contributed by atoms with E-state index in [4.69, 9.17) is 5.73 Å². The summed E-state index contributed by atoms with van der Waals surface area (Å²) in [5.41, 5.74) is 5.84. The highest BCUT2D eigenvalue weighted by Crippen LogP contribution is 2.27. The minimum Gasteiger partial charge on any atom is -0.343 e. The van der Waals surface area contributed by atoms with Gasteiger partial charge in [0.25, 0.3) is 0 Å². The quantitative estimate of drug-likeness (QED) is 0.816. The summed E-state index contributed by atoms with van der Waals surface area (Å²) in [6.45, 7) is 1.64. The van der Waals surface area contributed by atoms with E-state index in [2.05, 4.69) is 22.0 Å². The Labute approximate surface area is 139 Å². The van der Waals surface area contributed by atoms with Gasteiger partial charge in [-0.15, -0.1) is 24.2 Å². The summed E-state index contributed by atoms with van der Waals surface area (Å²) in [5.74, 6) is 1.08. The second kappa shape index (κ2) is 8.93. The Morgan fingerprint density at radius 3 is 2.65 bits per heavy atom. The van der Waals surface area contributed by atoms with Crippen LogP contribution in [-0.2, 0) is 4.79 Å². The van der Waals surface area contributed by atoms with Crippen molar-refractivity contribution in [3.8, 4) is 0 Å². The number of nitrogens with zero attached hydrogens (tertiary/aromatic N) is 1. The molecule has 20 heavy (non-hydrogen) atoms. The zero-order valence-electron chi connectivity index (χ0n) is 11.3. The van der Waals surface area contributed by atoms with Crippen molar-refractivity contribution in [2.45, 2.75) is 30.2 Å². The van der Waals surface area contributed by atoms with Gasteiger partial charge in [0, 0.05) is 40.7 Å². The first-order valence-electron chi connectivity index (χ1n) is 6.57. The van der Waals surface area contributed by atoms with E-state index < -0.39 is 0 Å². The number of benzene rings is 1. The van der Waals surface area contributed by atoms with E-state index >= 15 is 0 Å². The lowest BCUT2D eigenvalue weighted by atomic mass is 10.1. The van der Waals surface area contributed by atoms with Crippen molar-refractivity contribution < 1.29 is 4.79 Å². The molecule has 1 aliphatic heterocycles. The average molecular weight is 380 g/mol. The summed E-state index contributed by atoms with van der Waals surface area (Å²) in [4.78, 5) is 15.2. The van der Waals surface area contributed by atoms with Crippen LogP contribution in [0.15, 0.2) is 33.6 Å². The predicted molar refractivity (Wildman–Crippen MR) is 90.5 cm³/mol. The van der Waals surface area contributed by atoms with Gasteiger partial charge >= 0.3 is 0 Å².